The van der Waals surface area contributed by atoms with E-state index in [9.17, 15) is 9.59 Å². The minimum atomic E-state index is -0.538. The van der Waals surface area contributed by atoms with Crippen molar-refractivity contribution >= 4 is 23.1 Å². The van der Waals surface area contributed by atoms with E-state index in [1.807, 2.05) is 0 Å². The summed E-state index contributed by atoms with van der Waals surface area (Å²) in [5.74, 6) is -0.375. The number of hydrogen-bond acceptors (Lipinski definition) is 5. The number of thiazole rings is 1. The molecule has 0 N–H and O–H groups in total. The maximum Gasteiger partial charge on any atom is 0.358 e. The second-order valence-electron chi connectivity index (χ2n) is 3.79. The van der Waals surface area contributed by atoms with Crippen LogP contribution < -0.4 is 0 Å². The molecular weight excluding hydrogens is 238 g/mol. The van der Waals surface area contributed by atoms with Gasteiger partial charge in [-0.15, -0.1) is 11.3 Å². The average Bonchev–Trinajstić information content (AvgIpc) is 2.75. The number of hydrogen-bond donors (Lipinski definition) is 0. The molecule has 1 heterocycles. The third kappa shape index (κ3) is 2.91. The number of carbonyl (C=O) groups excluding carboxylic acids is 2. The molecule has 1 rings (SSSR count). The van der Waals surface area contributed by atoms with E-state index >= 15 is 0 Å². The van der Waals surface area contributed by atoms with Crippen LogP contribution in [-0.4, -0.2) is 23.8 Å². The molecule has 0 aliphatic carbocycles. The van der Waals surface area contributed by atoms with E-state index in [0.29, 0.717) is 10.8 Å². The molecule has 17 heavy (non-hydrogen) atoms. The van der Waals surface area contributed by atoms with Crippen molar-refractivity contribution < 1.29 is 14.3 Å². The van der Waals surface area contributed by atoms with Crippen LogP contribution in [0.5, 0.6) is 0 Å². The maximum absolute atomic E-state index is 11.5. The molecule has 0 unspecified atom stereocenters. The molecule has 0 spiro atoms. The molecule has 0 saturated heterocycles. The fourth-order valence-corrected chi connectivity index (χ4v) is 2.84. The Kier molecular flexibility index (Phi) is 4.81. The normalized spacial score (nSPS) is 10.6. The topological polar surface area (TPSA) is 56.3 Å². The molecule has 0 fully saturated rings. The van der Waals surface area contributed by atoms with Gasteiger partial charge >= 0.3 is 5.97 Å². The predicted octanol–water partition coefficient (Wildman–Crippen LogP) is 3.04. The second-order valence-corrected chi connectivity index (χ2v) is 4.82. The Morgan fingerprint density at radius 3 is 2.35 bits per heavy atom. The molecule has 0 aliphatic heterocycles. The van der Waals surface area contributed by atoms with Gasteiger partial charge in [-0.2, -0.15) is 0 Å². The summed E-state index contributed by atoms with van der Waals surface area (Å²) in [4.78, 5) is 27.7. The zero-order chi connectivity index (χ0) is 13.0. The van der Waals surface area contributed by atoms with Crippen LogP contribution in [0.15, 0.2) is 0 Å². The zero-order valence-electron chi connectivity index (χ0n) is 10.6. The molecule has 1 aromatic heterocycles. The highest BCUT2D eigenvalue weighted by Crippen LogP contribution is 2.30. The van der Waals surface area contributed by atoms with Crippen molar-refractivity contribution in [3.8, 4) is 0 Å². The van der Waals surface area contributed by atoms with Crippen molar-refractivity contribution in [2.24, 2.45) is 0 Å². The Balaban J connectivity index is 3.20. The first-order valence-corrected chi connectivity index (χ1v) is 6.46. The fourth-order valence-electron chi connectivity index (χ4n) is 1.62. The van der Waals surface area contributed by atoms with E-state index in [2.05, 4.69) is 23.6 Å². The highest BCUT2D eigenvalue weighted by Gasteiger charge is 2.24. The molecular formula is C12H17NO3S. The first-order valence-electron chi connectivity index (χ1n) is 5.65. The number of ether oxygens (including phenoxy) is 1. The van der Waals surface area contributed by atoms with Crippen molar-refractivity contribution in [3.63, 3.8) is 0 Å². The molecule has 1 aromatic rings. The summed E-state index contributed by atoms with van der Waals surface area (Å²) in [6, 6.07) is 0. The van der Waals surface area contributed by atoms with Crippen LogP contribution in [0.3, 0.4) is 0 Å². The largest absolute Gasteiger partial charge is 0.464 e. The Morgan fingerprint density at radius 2 is 1.94 bits per heavy atom. The number of esters is 1. The monoisotopic (exact) mass is 255 g/mol. The molecule has 0 atom stereocenters. The smallest absolute Gasteiger partial charge is 0.358 e. The quantitative estimate of drug-likeness (QED) is 0.599. The van der Waals surface area contributed by atoms with Crippen LogP contribution in [0.25, 0.3) is 0 Å². The van der Waals surface area contributed by atoms with Gasteiger partial charge in [-0.25, -0.2) is 9.78 Å². The van der Waals surface area contributed by atoms with E-state index in [0.717, 1.165) is 17.8 Å². The van der Waals surface area contributed by atoms with Crippen LogP contribution in [-0.2, 0) is 4.74 Å². The first kappa shape index (κ1) is 13.8. The Labute approximate surface area is 105 Å². The van der Waals surface area contributed by atoms with E-state index in [1.165, 1.54) is 25.4 Å². The van der Waals surface area contributed by atoms with E-state index in [-0.39, 0.29) is 11.5 Å². The van der Waals surface area contributed by atoms with Gasteiger partial charge in [0.2, 0.25) is 0 Å². The van der Waals surface area contributed by atoms with E-state index in [4.69, 9.17) is 0 Å². The summed E-state index contributed by atoms with van der Waals surface area (Å²) < 4.78 is 4.64. The third-order valence-corrected chi connectivity index (χ3v) is 4.00. The highest BCUT2D eigenvalue weighted by atomic mass is 32.1. The molecule has 0 amide bonds. The molecule has 0 saturated carbocycles. The van der Waals surface area contributed by atoms with Crippen molar-refractivity contribution in [1.82, 2.24) is 4.98 Å². The van der Waals surface area contributed by atoms with Gasteiger partial charge < -0.3 is 4.74 Å². The number of carbonyl (C=O) groups is 2. The summed E-state index contributed by atoms with van der Waals surface area (Å²) in [6.45, 7) is 5.58. The van der Waals surface area contributed by atoms with Gasteiger partial charge in [0, 0.05) is 12.8 Å². The zero-order valence-corrected chi connectivity index (χ0v) is 11.4. The van der Waals surface area contributed by atoms with Gasteiger partial charge in [-0.05, 0) is 12.8 Å². The lowest BCUT2D eigenvalue weighted by molar-refractivity contribution is 0.0591. The summed E-state index contributed by atoms with van der Waals surface area (Å²) in [7, 11) is 1.29. The second kappa shape index (κ2) is 5.91. The number of Topliss-reactive ketones (excluding diaryl/α,β-unsaturated/α-hetero) is 1. The van der Waals surface area contributed by atoms with Gasteiger partial charge in [0.05, 0.1) is 12.1 Å². The van der Waals surface area contributed by atoms with Crippen molar-refractivity contribution in [2.45, 2.75) is 39.5 Å². The lowest BCUT2D eigenvalue weighted by Gasteiger charge is -2.06. The third-order valence-electron chi connectivity index (χ3n) is 2.68. The maximum atomic E-state index is 11.5. The van der Waals surface area contributed by atoms with Crippen LogP contribution in [0, 0.1) is 0 Å². The van der Waals surface area contributed by atoms with Gasteiger partial charge in [-0.3, -0.25) is 4.79 Å². The average molecular weight is 255 g/mol. The SMILES string of the molecule is CCC(CC)c1nc(C(=O)OC)c(C(C)=O)s1. The Morgan fingerprint density at radius 1 is 1.35 bits per heavy atom. The number of aromatic nitrogens is 1. The van der Waals surface area contributed by atoms with Crippen LogP contribution >= 0.6 is 11.3 Å². The van der Waals surface area contributed by atoms with Gasteiger partial charge in [0.25, 0.3) is 0 Å². The minimum absolute atomic E-state index is 0.139. The number of ketones is 1. The summed E-state index contributed by atoms with van der Waals surface area (Å²) in [5, 5.41) is 0.848. The molecule has 0 radical (unpaired) electrons. The molecule has 5 heteroatoms. The van der Waals surface area contributed by atoms with Gasteiger partial charge in [0.1, 0.15) is 4.88 Å². The molecule has 4 nitrogen and oxygen atoms in total. The Bertz CT molecular complexity index is 421. The molecule has 0 bridgehead atoms. The molecule has 0 aliphatic rings. The molecule has 0 aromatic carbocycles. The number of nitrogens with zero attached hydrogens (tertiary/aromatic N) is 1. The van der Waals surface area contributed by atoms with Crippen molar-refractivity contribution in [3.05, 3.63) is 15.6 Å². The lowest BCUT2D eigenvalue weighted by Crippen LogP contribution is -2.07. The van der Waals surface area contributed by atoms with Crippen LogP contribution in [0.1, 0.15) is 64.7 Å². The predicted molar refractivity (Wildman–Crippen MR) is 66.8 cm³/mol. The highest BCUT2D eigenvalue weighted by molar-refractivity contribution is 7.14. The summed E-state index contributed by atoms with van der Waals surface area (Å²) >= 11 is 1.31. The van der Waals surface area contributed by atoms with Gasteiger partial charge in [0.15, 0.2) is 11.5 Å². The summed E-state index contributed by atoms with van der Waals surface area (Å²) in [6.07, 6.45) is 1.89. The first-order chi connectivity index (χ1) is 8.04. The summed E-state index contributed by atoms with van der Waals surface area (Å²) in [5.41, 5.74) is 0.159. The number of rotatable bonds is 5. The lowest BCUT2D eigenvalue weighted by atomic mass is 10.1. The minimum Gasteiger partial charge on any atom is -0.464 e. The van der Waals surface area contributed by atoms with E-state index in [1.54, 1.807) is 0 Å². The Hall–Kier alpha value is -1.23. The standard InChI is InChI=1S/C12H17NO3S/c1-5-8(6-2)11-13-9(12(15)16-4)10(17-11)7(3)14/h8H,5-6H2,1-4H3. The van der Waals surface area contributed by atoms with Gasteiger partial charge in [-0.1, -0.05) is 13.8 Å². The number of methoxy groups -OCH3 is 1. The molecule has 94 valence electrons. The fraction of sp³-hybridized carbons (Fsp3) is 0.583. The van der Waals surface area contributed by atoms with E-state index < -0.39 is 5.97 Å². The van der Waals surface area contributed by atoms with Crippen LogP contribution in [0.4, 0.5) is 0 Å². The van der Waals surface area contributed by atoms with Crippen LogP contribution in [0.2, 0.25) is 0 Å². The van der Waals surface area contributed by atoms with Crippen molar-refractivity contribution in [2.75, 3.05) is 7.11 Å². The van der Waals surface area contributed by atoms with Crippen molar-refractivity contribution in [1.29, 1.82) is 0 Å².